The zero-order chi connectivity index (χ0) is 17.4. The number of fused-ring (bicyclic) bond motifs is 2. The number of benzene rings is 2. The van der Waals surface area contributed by atoms with Gasteiger partial charge in [-0.1, -0.05) is 30.3 Å². The maximum atomic E-state index is 12.8. The van der Waals surface area contributed by atoms with Crippen LogP contribution in [0, 0.1) is 0 Å². The van der Waals surface area contributed by atoms with Gasteiger partial charge >= 0.3 is 5.97 Å². The lowest BCUT2D eigenvalue weighted by atomic mass is 9.92. The van der Waals surface area contributed by atoms with Crippen molar-refractivity contribution in [2.24, 2.45) is 0 Å². The van der Waals surface area contributed by atoms with Gasteiger partial charge in [-0.05, 0) is 23.3 Å². The third-order valence-electron chi connectivity index (χ3n) is 4.52. The lowest BCUT2D eigenvalue weighted by Gasteiger charge is -2.33. The molecular formula is C19H17NO5. The fourth-order valence-electron chi connectivity index (χ4n) is 3.31. The van der Waals surface area contributed by atoms with Crippen LogP contribution in [0.2, 0.25) is 0 Å². The summed E-state index contributed by atoms with van der Waals surface area (Å²) in [6.07, 6.45) is 0. The van der Waals surface area contributed by atoms with Gasteiger partial charge in [0.1, 0.15) is 0 Å². The highest BCUT2D eigenvalue weighted by molar-refractivity contribution is 6.13. The van der Waals surface area contributed by atoms with Crippen LogP contribution in [0.15, 0.2) is 42.5 Å². The van der Waals surface area contributed by atoms with Crippen LogP contribution in [0.4, 0.5) is 0 Å². The minimum Gasteiger partial charge on any atom is -0.467 e. The van der Waals surface area contributed by atoms with Gasteiger partial charge in [0, 0.05) is 18.7 Å². The lowest BCUT2D eigenvalue weighted by Crippen LogP contribution is -2.49. The summed E-state index contributed by atoms with van der Waals surface area (Å²) in [7, 11) is 1.30. The zero-order valence-electron chi connectivity index (χ0n) is 13.7. The highest BCUT2D eigenvalue weighted by atomic mass is 16.7. The third kappa shape index (κ3) is 2.74. The van der Waals surface area contributed by atoms with Crippen LogP contribution in [0.3, 0.4) is 0 Å². The molecule has 4 rings (SSSR count). The van der Waals surface area contributed by atoms with Crippen molar-refractivity contribution in [1.29, 1.82) is 0 Å². The van der Waals surface area contributed by atoms with Gasteiger partial charge in [-0.25, -0.2) is 4.79 Å². The van der Waals surface area contributed by atoms with Crippen LogP contribution in [0.5, 0.6) is 11.5 Å². The molecule has 128 valence electrons. The number of ketones is 1. The van der Waals surface area contributed by atoms with Crippen molar-refractivity contribution >= 4 is 11.8 Å². The van der Waals surface area contributed by atoms with E-state index in [-0.39, 0.29) is 12.6 Å². The summed E-state index contributed by atoms with van der Waals surface area (Å²) in [4.78, 5) is 26.9. The van der Waals surface area contributed by atoms with Crippen molar-refractivity contribution in [1.82, 2.24) is 4.90 Å². The Morgan fingerprint density at radius 1 is 1.20 bits per heavy atom. The van der Waals surface area contributed by atoms with Crippen molar-refractivity contribution in [2.45, 2.75) is 19.1 Å². The number of methoxy groups -OCH3 is 1. The van der Waals surface area contributed by atoms with Gasteiger partial charge in [0.2, 0.25) is 6.79 Å². The lowest BCUT2D eigenvalue weighted by molar-refractivity contribution is -0.145. The minimum atomic E-state index is -0.940. The molecule has 0 saturated heterocycles. The van der Waals surface area contributed by atoms with Crippen molar-refractivity contribution in [3.8, 4) is 11.5 Å². The summed E-state index contributed by atoms with van der Waals surface area (Å²) in [5, 5.41) is 0. The maximum absolute atomic E-state index is 12.8. The smallest absolute Gasteiger partial charge is 0.331 e. The van der Waals surface area contributed by atoms with E-state index in [2.05, 4.69) is 0 Å². The first-order chi connectivity index (χ1) is 12.2. The molecule has 2 aliphatic heterocycles. The maximum Gasteiger partial charge on any atom is 0.331 e. The van der Waals surface area contributed by atoms with Crippen molar-refractivity contribution in [3.63, 3.8) is 0 Å². The van der Waals surface area contributed by atoms with Crippen LogP contribution in [0.25, 0.3) is 0 Å². The van der Waals surface area contributed by atoms with E-state index in [4.69, 9.17) is 14.2 Å². The highest BCUT2D eigenvalue weighted by Gasteiger charge is 2.39. The number of Topliss-reactive ketones (excluding diaryl/α,β-unsaturated/α-hetero) is 1. The van der Waals surface area contributed by atoms with Crippen molar-refractivity contribution < 1.29 is 23.8 Å². The van der Waals surface area contributed by atoms with Crippen LogP contribution in [0.1, 0.15) is 21.5 Å². The molecule has 25 heavy (non-hydrogen) atoms. The summed E-state index contributed by atoms with van der Waals surface area (Å²) < 4.78 is 15.6. The van der Waals surface area contributed by atoms with E-state index in [1.165, 1.54) is 7.11 Å². The standard InChI is InChI=1S/C19H17NO5/c1-23-19(22)17-18(21)14-5-3-2-4-13(14)10-20(17)9-12-6-7-15-16(8-12)25-11-24-15/h2-8,17H,9-11H2,1H3. The Morgan fingerprint density at radius 2 is 2.00 bits per heavy atom. The van der Waals surface area contributed by atoms with Gasteiger partial charge in [0.05, 0.1) is 7.11 Å². The normalized spacial score (nSPS) is 18.8. The van der Waals surface area contributed by atoms with Crippen molar-refractivity contribution in [2.75, 3.05) is 13.9 Å². The molecule has 6 heteroatoms. The van der Waals surface area contributed by atoms with E-state index in [0.29, 0.717) is 30.2 Å². The summed E-state index contributed by atoms with van der Waals surface area (Å²) in [6.45, 7) is 1.13. The van der Waals surface area contributed by atoms with Gasteiger partial charge in [-0.3, -0.25) is 9.69 Å². The molecule has 0 aliphatic carbocycles. The summed E-state index contributed by atoms with van der Waals surface area (Å²) in [6, 6.07) is 12.0. The first kappa shape index (κ1) is 15.7. The minimum absolute atomic E-state index is 0.207. The van der Waals surface area contributed by atoms with E-state index in [1.807, 2.05) is 35.2 Å². The van der Waals surface area contributed by atoms with Crippen LogP contribution in [-0.4, -0.2) is 36.6 Å². The van der Waals surface area contributed by atoms with E-state index < -0.39 is 12.0 Å². The molecule has 0 spiro atoms. The molecule has 0 amide bonds. The molecular weight excluding hydrogens is 322 g/mol. The molecule has 2 heterocycles. The molecule has 0 radical (unpaired) electrons. The van der Waals surface area contributed by atoms with Gasteiger partial charge < -0.3 is 14.2 Å². The van der Waals surface area contributed by atoms with Gasteiger partial charge in [0.15, 0.2) is 23.3 Å². The fourth-order valence-corrected chi connectivity index (χ4v) is 3.31. The molecule has 2 aromatic carbocycles. The monoisotopic (exact) mass is 339 g/mol. The molecule has 6 nitrogen and oxygen atoms in total. The zero-order valence-corrected chi connectivity index (χ0v) is 13.7. The van der Waals surface area contributed by atoms with Crippen LogP contribution < -0.4 is 9.47 Å². The Hall–Kier alpha value is -2.86. The van der Waals surface area contributed by atoms with Crippen molar-refractivity contribution in [3.05, 3.63) is 59.2 Å². The molecule has 2 aliphatic rings. The first-order valence-corrected chi connectivity index (χ1v) is 8.00. The van der Waals surface area contributed by atoms with E-state index >= 15 is 0 Å². The molecule has 1 unspecified atom stereocenters. The largest absolute Gasteiger partial charge is 0.467 e. The Kier molecular flexibility index (Phi) is 3.89. The van der Waals surface area contributed by atoms with Gasteiger partial charge in [-0.15, -0.1) is 0 Å². The number of ether oxygens (including phenoxy) is 3. The summed E-state index contributed by atoms with van der Waals surface area (Å²) in [5.41, 5.74) is 2.43. The highest BCUT2D eigenvalue weighted by Crippen LogP contribution is 2.34. The average molecular weight is 339 g/mol. The van der Waals surface area contributed by atoms with E-state index in [0.717, 1.165) is 11.1 Å². The van der Waals surface area contributed by atoms with Gasteiger partial charge in [-0.2, -0.15) is 0 Å². The predicted molar refractivity (Wildman–Crippen MR) is 88.4 cm³/mol. The number of carbonyl (C=O) groups excluding carboxylic acids is 2. The molecule has 0 bridgehead atoms. The number of nitrogens with zero attached hydrogens (tertiary/aromatic N) is 1. The molecule has 0 saturated carbocycles. The number of hydrogen-bond donors (Lipinski definition) is 0. The number of esters is 1. The van der Waals surface area contributed by atoms with Gasteiger partial charge in [0.25, 0.3) is 0 Å². The van der Waals surface area contributed by atoms with E-state index in [9.17, 15) is 9.59 Å². The van der Waals surface area contributed by atoms with Crippen LogP contribution in [-0.2, 0) is 22.6 Å². The number of hydrogen-bond acceptors (Lipinski definition) is 6. The summed E-state index contributed by atoms with van der Waals surface area (Å²) in [5.74, 6) is 0.610. The Balaban J connectivity index is 1.66. The molecule has 0 N–H and O–H groups in total. The average Bonchev–Trinajstić information content (AvgIpc) is 3.09. The molecule has 0 aromatic heterocycles. The molecule has 1 atom stereocenters. The second-order valence-electron chi connectivity index (χ2n) is 6.04. The topological polar surface area (TPSA) is 65.1 Å². The Bertz CT molecular complexity index is 847. The fraction of sp³-hybridized carbons (Fsp3) is 0.263. The third-order valence-corrected chi connectivity index (χ3v) is 4.52. The Labute approximate surface area is 144 Å². The van der Waals surface area contributed by atoms with Crippen LogP contribution >= 0.6 is 0 Å². The predicted octanol–water partition coefficient (Wildman–Crippen LogP) is 2.16. The summed E-state index contributed by atoms with van der Waals surface area (Å²) >= 11 is 0. The molecule has 0 fully saturated rings. The van der Waals surface area contributed by atoms with E-state index in [1.54, 1.807) is 12.1 Å². The number of carbonyl (C=O) groups is 2. The second kappa shape index (κ2) is 6.22. The Morgan fingerprint density at radius 3 is 2.84 bits per heavy atom. The molecule has 2 aromatic rings. The quantitative estimate of drug-likeness (QED) is 0.631. The first-order valence-electron chi connectivity index (χ1n) is 8.00. The SMILES string of the molecule is COC(=O)C1C(=O)c2ccccc2CN1Cc1ccc2c(c1)OCO2. The second-order valence-corrected chi connectivity index (χ2v) is 6.04. The number of rotatable bonds is 3.